The number of hydrogen-bond acceptors (Lipinski definition) is 7. The Labute approximate surface area is 156 Å². The highest BCUT2D eigenvalue weighted by Crippen LogP contribution is 2.39. The Balaban J connectivity index is 1.69. The number of hydroxylamine groups is 2. The first-order valence-electron chi connectivity index (χ1n) is 8.85. The predicted octanol–water partition coefficient (Wildman–Crippen LogP) is 2.22. The second kappa shape index (κ2) is 8.17. The van der Waals surface area contributed by atoms with Crippen LogP contribution in [0.5, 0.6) is 0 Å². The van der Waals surface area contributed by atoms with Crippen LogP contribution in [0.15, 0.2) is 35.2 Å². The molecule has 0 saturated heterocycles. The topological polar surface area (TPSA) is 121 Å². The summed E-state index contributed by atoms with van der Waals surface area (Å²) in [4.78, 5) is 32.1. The van der Waals surface area contributed by atoms with Gasteiger partial charge in [0.1, 0.15) is 5.69 Å². The number of furan rings is 1. The average Bonchev–Trinajstić information content (AvgIpc) is 3.23. The molecule has 2 amide bonds. The van der Waals surface area contributed by atoms with Crippen molar-refractivity contribution in [2.24, 2.45) is 11.3 Å². The lowest BCUT2D eigenvalue weighted by atomic mass is 9.70. The van der Waals surface area contributed by atoms with Gasteiger partial charge < -0.3 is 4.42 Å². The van der Waals surface area contributed by atoms with Crippen molar-refractivity contribution in [3.05, 3.63) is 30.8 Å². The van der Waals surface area contributed by atoms with Crippen LogP contribution in [0.4, 0.5) is 5.82 Å². The second-order valence-corrected chi connectivity index (χ2v) is 7.01. The molecule has 3 rings (SSSR count). The van der Waals surface area contributed by atoms with Crippen LogP contribution in [0, 0.1) is 11.3 Å². The maximum Gasteiger partial charge on any atom is 0.246 e. The number of amides is 2. The van der Waals surface area contributed by atoms with Gasteiger partial charge in [-0.1, -0.05) is 6.92 Å². The minimum atomic E-state index is -0.846. The van der Waals surface area contributed by atoms with E-state index < -0.39 is 5.41 Å². The number of nitrogens with zero attached hydrogens (tertiary/aromatic N) is 3. The number of carbonyl (C=O) groups is 2. The van der Waals surface area contributed by atoms with Crippen molar-refractivity contribution >= 4 is 18.1 Å². The Bertz CT molecular complexity index is 772. The maximum atomic E-state index is 12.9. The van der Waals surface area contributed by atoms with Crippen LogP contribution < -0.4 is 10.9 Å². The molecular weight excluding hydrogens is 350 g/mol. The number of hydrogen-bond donors (Lipinski definition) is 3. The van der Waals surface area contributed by atoms with E-state index in [4.69, 9.17) is 4.42 Å². The summed E-state index contributed by atoms with van der Waals surface area (Å²) >= 11 is 0. The normalized spacial score (nSPS) is 22.1. The van der Waals surface area contributed by atoms with Crippen LogP contribution in [-0.4, -0.2) is 39.1 Å². The highest BCUT2D eigenvalue weighted by atomic mass is 16.5. The van der Waals surface area contributed by atoms with Crippen LogP contribution in [0.1, 0.15) is 32.6 Å². The van der Waals surface area contributed by atoms with Crippen molar-refractivity contribution in [1.29, 1.82) is 0 Å². The minimum Gasteiger partial charge on any atom is -0.463 e. The minimum absolute atomic E-state index is 0.0468. The van der Waals surface area contributed by atoms with E-state index in [2.05, 4.69) is 27.7 Å². The molecule has 3 N–H and O–H groups in total. The first-order valence-corrected chi connectivity index (χ1v) is 8.85. The third-order valence-electron chi connectivity index (χ3n) is 5.01. The van der Waals surface area contributed by atoms with Gasteiger partial charge >= 0.3 is 0 Å². The molecule has 1 aliphatic rings. The van der Waals surface area contributed by atoms with Gasteiger partial charge in [-0.2, -0.15) is 0 Å². The molecule has 144 valence electrons. The van der Waals surface area contributed by atoms with Crippen molar-refractivity contribution < 1.29 is 19.2 Å². The summed E-state index contributed by atoms with van der Waals surface area (Å²) < 4.78 is 5.29. The molecule has 1 saturated carbocycles. The predicted molar refractivity (Wildman–Crippen MR) is 96.1 cm³/mol. The van der Waals surface area contributed by atoms with Crippen molar-refractivity contribution in [2.45, 2.75) is 32.6 Å². The van der Waals surface area contributed by atoms with Gasteiger partial charge in [0.25, 0.3) is 0 Å². The van der Waals surface area contributed by atoms with Crippen LogP contribution in [0.2, 0.25) is 0 Å². The first-order chi connectivity index (χ1) is 13.0. The summed E-state index contributed by atoms with van der Waals surface area (Å²) in [6, 6.07) is 3.51. The fourth-order valence-electron chi connectivity index (χ4n) is 3.34. The molecule has 0 aliphatic heterocycles. The molecule has 1 aliphatic carbocycles. The number of aromatic nitrogens is 2. The van der Waals surface area contributed by atoms with Crippen molar-refractivity contribution in [2.75, 3.05) is 12.0 Å². The van der Waals surface area contributed by atoms with E-state index in [1.807, 2.05) is 0 Å². The number of carbonyl (C=O) groups excluding carboxylic acids is 2. The summed E-state index contributed by atoms with van der Waals surface area (Å²) in [5.41, 5.74) is 5.10. The van der Waals surface area contributed by atoms with Gasteiger partial charge in [0.2, 0.25) is 12.3 Å². The molecule has 2 aromatic heterocycles. The number of hydrazine groups is 1. The molecule has 0 atom stereocenters. The molecule has 2 aromatic rings. The second-order valence-electron chi connectivity index (χ2n) is 7.01. The molecular formula is C18H23N5O4. The smallest absolute Gasteiger partial charge is 0.246 e. The lowest BCUT2D eigenvalue weighted by Crippen LogP contribution is -2.51. The largest absolute Gasteiger partial charge is 0.463 e. The molecule has 0 radical (unpaired) electrons. The van der Waals surface area contributed by atoms with Crippen LogP contribution in [0.3, 0.4) is 0 Å². The third-order valence-corrected chi connectivity index (χ3v) is 5.01. The summed E-state index contributed by atoms with van der Waals surface area (Å²) in [6.45, 7) is 2.08. The standard InChI is InChI=1S/C18H23N5O4/c1-13-4-6-18(7-5-13,11-23(26)12-24)17(25)22-21-16-10-19-9-14(20-16)15-3-2-8-27-15/h2-3,8-10,12-13,26H,4-7,11H2,1H3,(H,20,21)(H,22,25)/t13-,18-. The highest BCUT2D eigenvalue weighted by Gasteiger charge is 2.42. The zero-order chi connectivity index (χ0) is 19.3. The zero-order valence-electron chi connectivity index (χ0n) is 15.1. The number of rotatable bonds is 7. The number of anilines is 1. The third kappa shape index (κ3) is 4.43. The fraction of sp³-hybridized carbons (Fsp3) is 0.444. The van der Waals surface area contributed by atoms with Gasteiger partial charge in [-0.25, -0.2) is 10.0 Å². The van der Waals surface area contributed by atoms with Gasteiger partial charge in [0.15, 0.2) is 11.6 Å². The lowest BCUT2D eigenvalue weighted by molar-refractivity contribution is -0.163. The summed E-state index contributed by atoms with van der Waals surface area (Å²) in [5, 5.41) is 10.2. The summed E-state index contributed by atoms with van der Waals surface area (Å²) in [7, 11) is 0. The van der Waals surface area contributed by atoms with E-state index in [0.29, 0.717) is 47.5 Å². The first kappa shape index (κ1) is 18.8. The lowest BCUT2D eigenvalue weighted by Gasteiger charge is -2.38. The molecule has 0 bridgehead atoms. The fourth-order valence-corrected chi connectivity index (χ4v) is 3.34. The monoisotopic (exact) mass is 373 g/mol. The molecule has 0 aromatic carbocycles. The van der Waals surface area contributed by atoms with E-state index >= 15 is 0 Å². The van der Waals surface area contributed by atoms with Gasteiger partial charge in [0, 0.05) is 0 Å². The van der Waals surface area contributed by atoms with Crippen LogP contribution in [0.25, 0.3) is 11.5 Å². The average molecular weight is 373 g/mol. The van der Waals surface area contributed by atoms with Gasteiger partial charge in [0.05, 0.1) is 30.6 Å². The van der Waals surface area contributed by atoms with E-state index in [1.165, 1.54) is 6.20 Å². The Morgan fingerprint density at radius 2 is 2.22 bits per heavy atom. The van der Waals surface area contributed by atoms with E-state index in [-0.39, 0.29) is 12.5 Å². The molecule has 27 heavy (non-hydrogen) atoms. The SMILES string of the molecule is C[C@H]1CC[C@](CN(O)C=O)(C(=O)NNc2cncc(-c3ccco3)n2)CC1. The van der Waals surface area contributed by atoms with Crippen molar-refractivity contribution in [3.63, 3.8) is 0 Å². The highest BCUT2D eigenvalue weighted by molar-refractivity contribution is 5.84. The van der Waals surface area contributed by atoms with Gasteiger partial charge in [-0.15, -0.1) is 0 Å². The molecule has 9 heteroatoms. The Morgan fingerprint density at radius 1 is 1.44 bits per heavy atom. The summed E-state index contributed by atoms with van der Waals surface area (Å²) in [6.07, 6.45) is 7.78. The molecule has 9 nitrogen and oxygen atoms in total. The Hall–Kier alpha value is -2.94. The van der Waals surface area contributed by atoms with Crippen LogP contribution >= 0.6 is 0 Å². The molecule has 0 spiro atoms. The molecule has 0 unspecified atom stereocenters. The van der Waals surface area contributed by atoms with Crippen molar-refractivity contribution in [3.8, 4) is 11.5 Å². The molecule has 2 heterocycles. The van der Waals surface area contributed by atoms with Crippen molar-refractivity contribution in [1.82, 2.24) is 20.5 Å². The van der Waals surface area contributed by atoms with E-state index in [0.717, 1.165) is 12.8 Å². The van der Waals surface area contributed by atoms with Gasteiger partial charge in [-0.3, -0.25) is 30.6 Å². The van der Waals surface area contributed by atoms with Gasteiger partial charge in [-0.05, 0) is 43.7 Å². The number of nitrogens with one attached hydrogen (secondary N) is 2. The van der Waals surface area contributed by atoms with Crippen LogP contribution in [-0.2, 0) is 9.59 Å². The summed E-state index contributed by atoms with van der Waals surface area (Å²) in [5.74, 6) is 1.14. The van der Waals surface area contributed by atoms with E-state index in [1.54, 1.807) is 24.6 Å². The molecule has 1 fully saturated rings. The Kier molecular flexibility index (Phi) is 5.70. The Morgan fingerprint density at radius 3 is 2.89 bits per heavy atom. The maximum absolute atomic E-state index is 12.9. The van der Waals surface area contributed by atoms with E-state index in [9.17, 15) is 14.8 Å². The zero-order valence-corrected chi connectivity index (χ0v) is 15.1. The quantitative estimate of drug-likeness (QED) is 0.386.